The highest BCUT2D eigenvalue weighted by atomic mass is 32.1. The Morgan fingerprint density at radius 1 is 1.39 bits per heavy atom. The van der Waals surface area contributed by atoms with Crippen molar-refractivity contribution < 1.29 is 22.7 Å². The van der Waals surface area contributed by atoms with E-state index in [4.69, 9.17) is 4.74 Å². The summed E-state index contributed by atoms with van der Waals surface area (Å²) in [7, 11) is 0. The fraction of sp³-hybridized carbons (Fsp3) is 0.600. The van der Waals surface area contributed by atoms with Gasteiger partial charge in [-0.1, -0.05) is 0 Å². The lowest BCUT2D eigenvalue weighted by Gasteiger charge is -2.60. The van der Waals surface area contributed by atoms with Crippen LogP contribution in [0.4, 0.5) is 23.8 Å². The highest BCUT2D eigenvalue weighted by Gasteiger charge is 2.57. The molecule has 31 heavy (non-hydrogen) atoms. The molecule has 1 amide bonds. The minimum Gasteiger partial charge on any atom is -0.444 e. The minimum atomic E-state index is -4.29. The molecule has 4 rings (SSSR count). The largest absolute Gasteiger partial charge is 0.444 e. The third-order valence-electron chi connectivity index (χ3n) is 5.61. The van der Waals surface area contributed by atoms with Gasteiger partial charge in [-0.05, 0) is 40.0 Å². The van der Waals surface area contributed by atoms with Gasteiger partial charge in [0.1, 0.15) is 22.6 Å². The Kier molecular flexibility index (Phi) is 5.14. The predicted octanol–water partition coefficient (Wildman–Crippen LogP) is 4.27. The van der Waals surface area contributed by atoms with E-state index in [1.54, 1.807) is 4.90 Å². The van der Waals surface area contributed by atoms with Crippen molar-refractivity contribution in [3.05, 3.63) is 17.3 Å². The molecule has 2 fully saturated rings. The zero-order valence-corrected chi connectivity index (χ0v) is 18.4. The average molecular weight is 456 g/mol. The molecule has 168 valence electrons. The van der Waals surface area contributed by atoms with Crippen LogP contribution in [0.1, 0.15) is 32.1 Å². The second kappa shape index (κ2) is 7.32. The van der Waals surface area contributed by atoms with Gasteiger partial charge in [-0.3, -0.25) is 4.99 Å². The highest BCUT2D eigenvalue weighted by Crippen LogP contribution is 2.48. The lowest BCUT2D eigenvalue weighted by atomic mass is 9.76. The molecule has 2 aliphatic rings. The van der Waals surface area contributed by atoms with Gasteiger partial charge in [0.25, 0.3) is 0 Å². The van der Waals surface area contributed by atoms with E-state index in [1.165, 1.54) is 12.4 Å². The smallest absolute Gasteiger partial charge is 0.410 e. The number of hydrogen-bond donors (Lipinski definition) is 0. The zero-order chi connectivity index (χ0) is 22.6. The van der Waals surface area contributed by atoms with Gasteiger partial charge < -0.3 is 14.5 Å². The number of halogens is 3. The summed E-state index contributed by atoms with van der Waals surface area (Å²) in [6.45, 7) is 10.7. The van der Waals surface area contributed by atoms with Gasteiger partial charge in [-0.25, -0.2) is 14.8 Å². The number of fused-ring (bicyclic) bond motifs is 2. The highest BCUT2D eigenvalue weighted by molar-refractivity contribution is 7.18. The number of carbonyl (C=O) groups excluding carboxylic acids is 1. The molecule has 7 nitrogen and oxygen atoms in total. The summed E-state index contributed by atoms with van der Waals surface area (Å²) in [6, 6.07) is 1.50. The third-order valence-corrected chi connectivity index (χ3v) is 6.65. The van der Waals surface area contributed by atoms with Crippen LogP contribution in [0.15, 0.2) is 17.4 Å². The van der Waals surface area contributed by atoms with E-state index >= 15 is 0 Å². The molecule has 4 heterocycles. The van der Waals surface area contributed by atoms with E-state index in [2.05, 4.69) is 21.7 Å². The standard InChI is InChI=1S/C20H24F3N5O2S/c1-18(2,3)30-17(29)27-6-5-12-9-28(19(12,10-27)24-4)15-14-7-13(8-20(21,22)23)31-16(14)26-11-25-15/h7,11-12H,4-6,8-10H2,1-3H3/t12-,19-/m0/s1. The van der Waals surface area contributed by atoms with Crippen LogP contribution < -0.4 is 4.90 Å². The van der Waals surface area contributed by atoms with Gasteiger partial charge in [0.05, 0.1) is 18.4 Å². The molecule has 0 radical (unpaired) electrons. The van der Waals surface area contributed by atoms with Crippen LogP contribution in [0.25, 0.3) is 10.2 Å². The topological polar surface area (TPSA) is 70.9 Å². The fourth-order valence-electron chi connectivity index (χ4n) is 4.25. The van der Waals surface area contributed by atoms with Gasteiger partial charge in [0.2, 0.25) is 0 Å². The van der Waals surface area contributed by atoms with Crippen LogP contribution in [0.5, 0.6) is 0 Å². The van der Waals surface area contributed by atoms with Gasteiger partial charge >= 0.3 is 12.3 Å². The van der Waals surface area contributed by atoms with Crippen molar-refractivity contribution >= 4 is 40.2 Å². The first-order valence-electron chi connectivity index (χ1n) is 9.95. The number of rotatable bonds is 3. The number of anilines is 1. The summed E-state index contributed by atoms with van der Waals surface area (Å²) in [4.78, 5) is 29.8. The van der Waals surface area contributed by atoms with Crippen LogP contribution in [-0.2, 0) is 11.2 Å². The molecule has 0 aromatic carbocycles. The predicted molar refractivity (Wildman–Crippen MR) is 113 cm³/mol. The fourth-order valence-corrected chi connectivity index (χ4v) is 5.27. The number of thiophene rings is 1. The molecule has 0 saturated carbocycles. The SMILES string of the molecule is C=N[C@]12CN(C(=O)OC(C)(C)C)CC[C@H]1CN2c1ncnc2sc(CC(F)(F)F)cc12. The summed E-state index contributed by atoms with van der Waals surface area (Å²) >= 11 is 1.01. The number of likely N-dealkylation sites (tertiary alicyclic amines) is 1. The Bertz CT molecular complexity index is 1020. The van der Waals surface area contributed by atoms with Crippen molar-refractivity contribution in [2.24, 2.45) is 10.9 Å². The van der Waals surface area contributed by atoms with E-state index in [0.29, 0.717) is 29.1 Å². The number of alkyl halides is 3. The summed E-state index contributed by atoms with van der Waals surface area (Å²) in [5.74, 6) is 0.686. The first-order chi connectivity index (χ1) is 14.4. The summed E-state index contributed by atoms with van der Waals surface area (Å²) < 4.78 is 44.1. The van der Waals surface area contributed by atoms with Crippen LogP contribution in [-0.4, -0.2) is 64.8 Å². The molecule has 0 N–H and O–H groups in total. The van der Waals surface area contributed by atoms with E-state index in [9.17, 15) is 18.0 Å². The van der Waals surface area contributed by atoms with Crippen molar-refractivity contribution in [3.63, 3.8) is 0 Å². The van der Waals surface area contributed by atoms with E-state index in [-0.39, 0.29) is 17.3 Å². The van der Waals surface area contributed by atoms with Gasteiger partial charge in [-0.15, -0.1) is 11.3 Å². The first-order valence-corrected chi connectivity index (χ1v) is 10.8. The maximum absolute atomic E-state index is 12.9. The van der Waals surface area contributed by atoms with Crippen molar-refractivity contribution in [2.45, 2.75) is 51.1 Å². The molecule has 2 atom stereocenters. The maximum atomic E-state index is 12.9. The zero-order valence-electron chi connectivity index (χ0n) is 17.6. The number of hydrogen-bond acceptors (Lipinski definition) is 7. The van der Waals surface area contributed by atoms with E-state index < -0.39 is 30.0 Å². The van der Waals surface area contributed by atoms with Crippen molar-refractivity contribution in [3.8, 4) is 0 Å². The van der Waals surface area contributed by atoms with Crippen molar-refractivity contribution in [1.29, 1.82) is 0 Å². The van der Waals surface area contributed by atoms with Crippen LogP contribution in [0, 0.1) is 5.92 Å². The Morgan fingerprint density at radius 2 is 2.13 bits per heavy atom. The molecular formula is C20H24F3N5O2S. The summed E-state index contributed by atoms with van der Waals surface area (Å²) in [5.41, 5.74) is -1.41. The Labute approximate surface area is 181 Å². The molecule has 0 bridgehead atoms. The monoisotopic (exact) mass is 455 g/mol. The molecule has 2 aromatic rings. The number of aromatic nitrogens is 2. The van der Waals surface area contributed by atoms with E-state index in [0.717, 1.165) is 17.8 Å². The first kappa shape index (κ1) is 21.8. The molecule has 2 aromatic heterocycles. The van der Waals surface area contributed by atoms with Crippen molar-refractivity contribution in [2.75, 3.05) is 24.5 Å². The molecule has 11 heteroatoms. The van der Waals surface area contributed by atoms with Crippen molar-refractivity contribution in [1.82, 2.24) is 14.9 Å². The molecule has 0 unspecified atom stereocenters. The number of aliphatic imine (C=N–C) groups is 1. The average Bonchev–Trinajstić information content (AvgIpc) is 3.02. The van der Waals surface area contributed by atoms with Crippen LogP contribution >= 0.6 is 11.3 Å². The lowest BCUT2D eigenvalue weighted by molar-refractivity contribution is -0.126. The number of ether oxygens (including phenoxy) is 1. The lowest BCUT2D eigenvalue weighted by Crippen LogP contribution is -2.74. The van der Waals surface area contributed by atoms with Gasteiger partial charge in [0.15, 0.2) is 5.66 Å². The quantitative estimate of drug-likeness (QED) is 0.647. The third kappa shape index (κ3) is 4.07. The maximum Gasteiger partial charge on any atom is 0.410 e. The molecular weight excluding hydrogens is 431 g/mol. The second-order valence-corrected chi connectivity index (χ2v) is 10.1. The number of amides is 1. The molecule has 2 saturated heterocycles. The number of piperidine rings is 1. The van der Waals surface area contributed by atoms with E-state index in [1.807, 2.05) is 25.7 Å². The van der Waals surface area contributed by atoms with Crippen LogP contribution in [0.2, 0.25) is 0 Å². The van der Waals surface area contributed by atoms with Crippen LogP contribution in [0.3, 0.4) is 0 Å². The van der Waals surface area contributed by atoms with Gasteiger partial charge in [-0.2, -0.15) is 13.2 Å². The Morgan fingerprint density at radius 3 is 2.77 bits per heavy atom. The normalized spacial score (nSPS) is 24.0. The Balaban J connectivity index is 1.64. The molecule has 0 aliphatic carbocycles. The number of carbonyl (C=O) groups is 1. The summed E-state index contributed by atoms with van der Waals surface area (Å²) in [6.07, 6.45) is -3.64. The molecule has 2 aliphatic heterocycles. The van der Waals surface area contributed by atoms with Gasteiger partial charge in [0, 0.05) is 23.9 Å². The Hall–Kier alpha value is -2.43. The number of nitrogens with zero attached hydrogens (tertiary/aromatic N) is 5. The second-order valence-electron chi connectivity index (χ2n) is 8.96. The summed E-state index contributed by atoms with van der Waals surface area (Å²) in [5, 5.41) is 0.558. The molecule has 0 spiro atoms. The minimum absolute atomic E-state index is 0.169.